The molecule has 33 heavy (non-hydrogen) atoms. The molecule has 0 fully saturated rings. The fraction of sp³-hybridized carbons (Fsp3) is 0.0435. The number of thiazole rings is 1. The van der Waals surface area contributed by atoms with Gasteiger partial charge in [-0.2, -0.15) is 13.2 Å². The quantitative estimate of drug-likeness (QED) is 0.268. The summed E-state index contributed by atoms with van der Waals surface area (Å²) in [5.74, 6) is 0. The molecule has 0 aliphatic rings. The SMILES string of the molecule is O=C(Nc1cccc(-c2csc(Nc3ccccc3Cl)n2)c1)Nc1cccc(C(F)(F)F)c1. The van der Waals surface area contributed by atoms with Crippen molar-refractivity contribution < 1.29 is 18.0 Å². The first-order chi connectivity index (χ1) is 15.8. The molecule has 168 valence electrons. The Hall–Kier alpha value is -3.56. The van der Waals surface area contributed by atoms with E-state index in [4.69, 9.17) is 11.6 Å². The van der Waals surface area contributed by atoms with Crippen molar-refractivity contribution in [2.75, 3.05) is 16.0 Å². The summed E-state index contributed by atoms with van der Waals surface area (Å²) < 4.78 is 38.6. The van der Waals surface area contributed by atoms with Crippen LogP contribution in [0.15, 0.2) is 78.2 Å². The zero-order valence-electron chi connectivity index (χ0n) is 16.8. The molecule has 4 rings (SSSR count). The van der Waals surface area contributed by atoms with Crippen LogP contribution in [0, 0.1) is 0 Å². The molecular formula is C23H16ClF3N4OS. The highest BCUT2D eigenvalue weighted by atomic mass is 35.5. The van der Waals surface area contributed by atoms with Crippen molar-refractivity contribution in [1.82, 2.24) is 4.98 Å². The van der Waals surface area contributed by atoms with Crippen LogP contribution in [0.25, 0.3) is 11.3 Å². The van der Waals surface area contributed by atoms with Crippen LogP contribution in [0.2, 0.25) is 5.02 Å². The van der Waals surface area contributed by atoms with Crippen molar-refractivity contribution >= 4 is 51.2 Å². The van der Waals surface area contributed by atoms with Gasteiger partial charge in [0, 0.05) is 22.3 Å². The number of alkyl halides is 3. The fourth-order valence-corrected chi connectivity index (χ4v) is 3.88. The number of carbonyl (C=O) groups is 1. The number of aromatic nitrogens is 1. The predicted molar refractivity (Wildman–Crippen MR) is 126 cm³/mol. The molecule has 3 N–H and O–H groups in total. The molecular weight excluding hydrogens is 473 g/mol. The smallest absolute Gasteiger partial charge is 0.330 e. The molecule has 0 spiro atoms. The largest absolute Gasteiger partial charge is 0.416 e. The van der Waals surface area contributed by atoms with Gasteiger partial charge >= 0.3 is 12.2 Å². The van der Waals surface area contributed by atoms with Crippen LogP contribution in [-0.4, -0.2) is 11.0 Å². The number of amides is 2. The Morgan fingerprint density at radius 3 is 2.33 bits per heavy atom. The number of urea groups is 1. The summed E-state index contributed by atoms with van der Waals surface area (Å²) in [5, 5.41) is 11.3. The minimum absolute atomic E-state index is 0.0354. The van der Waals surface area contributed by atoms with E-state index in [0.29, 0.717) is 21.5 Å². The number of hydrogen-bond acceptors (Lipinski definition) is 4. The molecule has 5 nitrogen and oxygen atoms in total. The van der Waals surface area contributed by atoms with Gasteiger partial charge in [0.25, 0.3) is 0 Å². The Kier molecular flexibility index (Phi) is 6.52. The first-order valence-electron chi connectivity index (χ1n) is 9.61. The van der Waals surface area contributed by atoms with Gasteiger partial charge in [0.1, 0.15) is 0 Å². The van der Waals surface area contributed by atoms with E-state index in [-0.39, 0.29) is 5.69 Å². The molecule has 0 bridgehead atoms. The topological polar surface area (TPSA) is 66.0 Å². The van der Waals surface area contributed by atoms with E-state index in [1.807, 2.05) is 29.6 Å². The van der Waals surface area contributed by atoms with Crippen molar-refractivity contribution in [1.29, 1.82) is 0 Å². The summed E-state index contributed by atoms with van der Waals surface area (Å²) in [7, 11) is 0. The van der Waals surface area contributed by atoms with Crippen molar-refractivity contribution in [2.45, 2.75) is 6.18 Å². The molecule has 0 atom stereocenters. The summed E-state index contributed by atoms with van der Waals surface area (Å²) >= 11 is 7.57. The zero-order chi connectivity index (χ0) is 23.4. The monoisotopic (exact) mass is 488 g/mol. The van der Waals surface area contributed by atoms with Crippen LogP contribution in [0.3, 0.4) is 0 Å². The molecule has 10 heteroatoms. The molecule has 1 heterocycles. The number of nitrogens with zero attached hydrogens (tertiary/aromatic N) is 1. The molecule has 2 amide bonds. The summed E-state index contributed by atoms with van der Waals surface area (Å²) in [6.45, 7) is 0. The number of benzene rings is 3. The number of anilines is 4. The maximum Gasteiger partial charge on any atom is 0.416 e. The van der Waals surface area contributed by atoms with Crippen LogP contribution >= 0.6 is 22.9 Å². The van der Waals surface area contributed by atoms with E-state index >= 15 is 0 Å². The lowest BCUT2D eigenvalue weighted by atomic mass is 10.1. The fourth-order valence-electron chi connectivity index (χ4n) is 2.96. The van der Waals surface area contributed by atoms with Crippen LogP contribution < -0.4 is 16.0 Å². The molecule has 0 aliphatic heterocycles. The standard InChI is InChI=1S/C23H16ClF3N4OS/c24-18-9-1-2-10-19(18)30-22-31-20(13-33-22)14-5-3-7-16(11-14)28-21(32)29-17-8-4-6-15(12-17)23(25,26)27/h1-13H,(H,30,31)(H2,28,29,32). The molecule has 4 aromatic rings. The second-order valence-corrected chi connectivity index (χ2v) is 8.15. The molecule has 3 aromatic carbocycles. The second kappa shape index (κ2) is 9.51. The van der Waals surface area contributed by atoms with Crippen molar-refractivity contribution in [2.24, 2.45) is 0 Å². The first kappa shape index (κ1) is 22.6. The molecule has 0 radical (unpaired) electrons. The van der Waals surface area contributed by atoms with Crippen molar-refractivity contribution in [3.8, 4) is 11.3 Å². The number of rotatable bonds is 5. The van der Waals surface area contributed by atoms with E-state index in [2.05, 4.69) is 20.9 Å². The third kappa shape index (κ3) is 5.82. The highest BCUT2D eigenvalue weighted by Gasteiger charge is 2.30. The van der Waals surface area contributed by atoms with Gasteiger partial charge in [-0.05, 0) is 42.5 Å². The van der Waals surface area contributed by atoms with Gasteiger partial charge in [-0.15, -0.1) is 11.3 Å². The number of nitrogens with one attached hydrogen (secondary N) is 3. The molecule has 0 saturated heterocycles. The second-order valence-electron chi connectivity index (χ2n) is 6.88. The lowest BCUT2D eigenvalue weighted by molar-refractivity contribution is -0.137. The zero-order valence-corrected chi connectivity index (χ0v) is 18.4. The minimum atomic E-state index is -4.49. The Balaban J connectivity index is 1.44. The van der Waals surface area contributed by atoms with E-state index in [9.17, 15) is 18.0 Å². The molecule has 1 aromatic heterocycles. The van der Waals surface area contributed by atoms with Gasteiger partial charge in [0.2, 0.25) is 0 Å². The lowest BCUT2D eigenvalue weighted by Gasteiger charge is -2.11. The molecule has 0 aliphatic carbocycles. The van der Waals surface area contributed by atoms with Gasteiger partial charge in [-0.1, -0.05) is 41.9 Å². The summed E-state index contributed by atoms with van der Waals surface area (Å²) in [4.78, 5) is 16.8. The van der Waals surface area contributed by atoms with Crippen molar-refractivity contribution in [3.63, 3.8) is 0 Å². The lowest BCUT2D eigenvalue weighted by Crippen LogP contribution is -2.19. The average molecular weight is 489 g/mol. The van der Waals surface area contributed by atoms with Crippen LogP contribution in [0.4, 0.5) is 40.2 Å². The minimum Gasteiger partial charge on any atom is -0.330 e. The van der Waals surface area contributed by atoms with E-state index < -0.39 is 17.8 Å². The normalized spacial score (nSPS) is 11.2. The Morgan fingerprint density at radius 1 is 0.909 bits per heavy atom. The number of hydrogen-bond donors (Lipinski definition) is 3. The van der Waals surface area contributed by atoms with Gasteiger partial charge in [-0.3, -0.25) is 0 Å². The maximum absolute atomic E-state index is 12.9. The van der Waals surface area contributed by atoms with Crippen LogP contribution in [0.1, 0.15) is 5.56 Å². The Morgan fingerprint density at radius 2 is 1.61 bits per heavy atom. The van der Waals surface area contributed by atoms with Crippen LogP contribution in [-0.2, 0) is 6.18 Å². The Bertz CT molecular complexity index is 1290. The number of halogens is 4. The first-order valence-corrected chi connectivity index (χ1v) is 10.9. The van der Waals surface area contributed by atoms with E-state index in [0.717, 1.165) is 23.4 Å². The highest BCUT2D eigenvalue weighted by Crippen LogP contribution is 2.32. The van der Waals surface area contributed by atoms with Crippen molar-refractivity contribution in [3.05, 3.63) is 88.8 Å². The van der Waals surface area contributed by atoms with E-state index in [1.165, 1.54) is 23.5 Å². The van der Waals surface area contributed by atoms with Crippen LogP contribution in [0.5, 0.6) is 0 Å². The molecule has 0 saturated carbocycles. The number of para-hydroxylation sites is 1. The predicted octanol–water partition coefficient (Wildman–Crippen LogP) is 7.87. The third-order valence-corrected chi connectivity index (χ3v) is 5.57. The molecule has 0 unspecified atom stereocenters. The maximum atomic E-state index is 12.9. The van der Waals surface area contributed by atoms with E-state index in [1.54, 1.807) is 24.3 Å². The number of carbonyl (C=O) groups excluding carboxylic acids is 1. The van der Waals surface area contributed by atoms with Gasteiger partial charge in [-0.25, -0.2) is 9.78 Å². The summed E-state index contributed by atoms with van der Waals surface area (Å²) in [6, 6.07) is 18.1. The average Bonchev–Trinajstić information content (AvgIpc) is 3.24. The van der Waals surface area contributed by atoms with Gasteiger partial charge < -0.3 is 16.0 Å². The highest BCUT2D eigenvalue weighted by molar-refractivity contribution is 7.14. The van der Waals surface area contributed by atoms with Gasteiger partial charge in [0.15, 0.2) is 5.13 Å². The van der Waals surface area contributed by atoms with Gasteiger partial charge in [0.05, 0.1) is 22.0 Å². The Labute approximate surface area is 196 Å². The third-order valence-electron chi connectivity index (χ3n) is 4.48. The summed E-state index contributed by atoms with van der Waals surface area (Å²) in [6.07, 6.45) is -4.49. The summed E-state index contributed by atoms with van der Waals surface area (Å²) in [5.41, 5.74) is 1.85.